The van der Waals surface area contributed by atoms with Gasteiger partial charge in [-0.05, 0) is 44.5 Å². The quantitative estimate of drug-likeness (QED) is 0.769. The molecule has 0 amide bonds. The fourth-order valence-electron chi connectivity index (χ4n) is 2.05. The zero-order chi connectivity index (χ0) is 15.5. The Bertz CT molecular complexity index is 482. The normalized spacial score (nSPS) is 13.6. The summed E-state index contributed by atoms with van der Waals surface area (Å²) < 4.78 is 37.4. The van der Waals surface area contributed by atoms with E-state index in [1.54, 1.807) is 19.1 Å². The Hall–Kier alpha value is -1.36. The molecule has 0 radical (unpaired) electrons. The number of likely N-dealkylation sites (N-methyl/N-ethyl adjacent to an activating group) is 1. The molecule has 0 spiro atoms. The molecule has 0 fully saturated rings. The van der Waals surface area contributed by atoms with E-state index >= 15 is 0 Å². The van der Waals surface area contributed by atoms with E-state index in [4.69, 9.17) is 0 Å². The van der Waals surface area contributed by atoms with Crippen molar-refractivity contribution in [2.75, 3.05) is 13.1 Å². The maximum atomic E-state index is 12.5. The standard InChI is InChI=1S/C15H20F3NO/c1-5-19(9-15(16,17)18)12(4)14(20)13-7-6-10(2)11(3)8-13/h6-8,12H,5,9H2,1-4H3. The average molecular weight is 287 g/mol. The molecule has 112 valence electrons. The lowest BCUT2D eigenvalue weighted by Crippen LogP contribution is -2.44. The van der Waals surface area contributed by atoms with Crippen LogP contribution in [0.3, 0.4) is 0 Å². The smallest absolute Gasteiger partial charge is 0.292 e. The maximum Gasteiger partial charge on any atom is 0.401 e. The molecule has 0 N–H and O–H groups in total. The summed E-state index contributed by atoms with van der Waals surface area (Å²) >= 11 is 0. The van der Waals surface area contributed by atoms with Crippen LogP contribution in [-0.4, -0.2) is 36.0 Å². The molecule has 0 saturated carbocycles. The Morgan fingerprint density at radius 3 is 2.30 bits per heavy atom. The number of rotatable bonds is 5. The Balaban J connectivity index is 2.91. The minimum atomic E-state index is -4.30. The first-order chi connectivity index (χ1) is 9.15. The Morgan fingerprint density at radius 2 is 1.85 bits per heavy atom. The van der Waals surface area contributed by atoms with Gasteiger partial charge in [0.2, 0.25) is 0 Å². The highest BCUT2D eigenvalue weighted by Gasteiger charge is 2.34. The van der Waals surface area contributed by atoms with Crippen molar-refractivity contribution in [1.82, 2.24) is 4.90 Å². The molecule has 1 unspecified atom stereocenters. The van der Waals surface area contributed by atoms with Gasteiger partial charge in [0.05, 0.1) is 12.6 Å². The highest BCUT2D eigenvalue weighted by atomic mass is 19.4. The van der Waals surface area contributed by atoms with Gasteiger partial charge >= 0.3 is 6.18 Å². The van der Waals surface area contributed by atoms with E-state index < -0.39 is 18.8 Å². The van der Waals surface area contributed by atoms with Gasteiger partial charge in [-0.15, -0.1) is 0 Å². The van der Waals surface area contributed by atoms with Crippen LogP contribution in [0.15, 0.2) is 18.2 Å². The van der Waals surface area contributed by atoms with Gasteiger partial charge in [0.15, 0.2) is 5.78 Å². The molecule has 0 aromatic heterocycles. The van der Waals surface area contributed by atoms with Crippen LogP contribution in [0, 0.1) is 13.8 Å². The number of nitrogens with zero attached hydrogens (tertiary/aromatic N) is 1. The first-order valence-corrected chi connectivity index (χ1v) is 6.58. The molecular formula is C15H20F3NO. The second-order valence-corrected chi connectivity index (χ2v) is 5.02. The zero-order valence-electron chi connectivity index (χ0n) is 12.2. The summed E-state index contributed by atoms with van der Waals surface area (Å²) in [4.78, 5) is 13.4. The van der Waals surface area contributed by atoms with Crippen LogP contribution in [0.1, 0.15) is 35.3 Å². The minimum absolute atomic E-state index is 0.178. The van der Waals surface area contributed by atoms with Gasteiger partial charge in [0.1, 0.15) is 0 Å². The number of aryl methyl sites for hydroxylation is 2. The van der Waals surface area contributed by atoms with Gasteiger partial charge in [-0.25, -0.2) is 0 Å². The molecule has 5 heteroatoms. The molecule has 0 heterocycles. The molecule has 1 atom stereocenters. The average Bonchev–Trinajstić information content (AvgIpc) is 2.36. The van der Waals surface area contributed by atoms with Gasteiger partial charge in [-0.3, -0.25) is 9.69 Å². The number of ketones is 1. The summed E-state index contributed by atoms with van der Waals surface area (Å²) in [5, 5.41) is 0. The van der Waals surface area contributed by atoms with Crippen molar-refractivity contribution >= 4 is 5.78 Å². The monoisotopic (exact) mass is 287 g/mol. The van der Waals surface area contributed by atoms with Crippen LogP contribution in [0.5, 0.6) is 0 Å². The lowest BCUT2D eigenvalue weighted by molar-refractivity contribution is -0.147. The topological polar surface area (TPSA) is 20.3 Å². The summed E-state index contributed by atoms with van der Waals surface area (Å²) in [5.74, 6) is -0.279. The van der Waals surface area contributed by atoms with Gasteiger partial charge in [-0.2, -0.15) is 13.2 Å². The Morgan fingerprint density at radius 1 is 1.25 bits per heavy atom. The summed E-state index contributed by atoms with van der Waals surface area (Å²) in [7, 11) is 0. The first-order valence-electron chi connectivity index (χ1n) is 6.58. The van der Waals surface area contributed by atoms with Crippen LogP contribution in [0.4, 0.5) is 13.2 Å². The lowest BCUT2D eigenvalue weighted by atomic mass is 9.99. The number of hydrogen-bond donors (Lipinski definition) is 0. The summed E-state index contributed by atoms with van der Waals surface area (Å²) in [6.07, 6.45) is -4.30. The Labute approximate surface area is 117 Å². The van der Waals surface area contributed by atoms with Crippen molar-refractivity contribution in [2.24, 2.45) is 0 Å². The van der Waals surface area contributed by atoms with Crippen molar-refractivity contribution in [1.29, 1.82) is 0 Å². The summed E-state index contributed by atoms with van der Waals surface area (Å²) in [6.45, 7) is 6.06. The molecule has 0 bridgehead atoms. The fraction of sp³-hybridized carbons (Fsp3) is 0.533. The van der Waals surface area contributed by atoms with Gasteiger partial charge in [-0.1, -0.05) is 19.1 Å². The van der Waals surface area contributed by atoms with Crippen LogP contribution in [0.2, 0.25) is 0 Å². The first kappa shape index (κ1) is 16.7. The molecule has 1 rings (SSSR count). The Kier molecular flexibility index (Phi) is 5.34. The van der Waals surface area contributed by atoms with Gasteiger partial charge in [0.25, 0.3) is 0 Å². The van der Waals surface area contributed by atoms with Crippen molar-refractivity contribution in [3.05, 3.63) is 34.9 Å². The number of alkyl halides is 3. The third-order valence-corrected chi connectivity index (χ3v) is 3.51. The molecule has 2 nitrogen and oxygen atoms in total. The van der Waals surface area contributed by atoms with Crippen LogP contribution in [0.25, 0.3) is 0 Å². The number of benzene rings is 1. The molecule has 0 aliphatic heterocycles. The number of carbonyl (C=O) groups is 1. The SMILES string of the molecule is CCN(CC(F)(F)F)C(C)C(=O)c1ccc(C)c(C)c1. The number of Topliss-reactive ketones (excluding diaryl/α,β-unsaturated/α-hetero) is 1. The molecule has 1 aromatic carbocycles. The molecule has 20 heavy (non-hydrogen) atoms. The molecule has 0 saturated heterocycles. The van der Waals surface area contributed by atoms with E-state index in [2.05, 4.69) is 0 Å². The second kappa shape index (κ2) is 6.39. The van der Waals surface area contributed by atoms with Crippen LogP contribution >= 0.6 is 0 Å². The zero-order valence-corrected chi connectivity index (χ0v) is 12.2. The van der Waals surface area contributed by atoms with Gasteiger partial charge < -0.3 is 0 Å². The molecular weight excluding hydrogens is 267 g/mol. The largest absolute Gasteiger partial charge is 0.401 e. The lowest BCUT2D eigenvalue weighted by Gasteiger charge is -2.27. The van der Waals surface area contributed by atoms with E-state index in [1.807, 2.05) is 19.9 Å². The highest BCUT2D eigenvalue weighted by Crippen LogP contribution is 2.20. The van der Waals surface area contributed by atoms with Crippen LogP contribution in [-0.2, 0) is 0 Å². The molecule has 1 aromatic rings. The second-order valence-electron chi connectivity index (χ2n) is 5.02. The predicted octanol–water partition coefficient (Wildman–Crippen LogP) is 3.76. The van der Waals surface area contributed by atoms with E-state index in [0.717, 1.165) is 16.0 Å². The minimum Gasteiger partial charge on any atom is -0.292 e. The van der Waals surface area contributed by atoms with Crippen molar-refractivity contribution in [2.45, 2.75) is 39.9 Å². The fourth-order valence-corrected chi connectivity index (χ4v) is 2.05. The van der Waals surface area contributed by atoms with Crippen molar-refractivity contribution in [3.8, 4) is 0 Å². The highest BCUT2D eigenvalue weighted by molar-refractivity contribution is 6.00. The van der Waals surface area contributed by atoms with E-state index in [9.17, 15) is 18.0 Å². The van der Waals surface area contributed by atoms with Crippen molar-refractivity contribution in [3.63, 3.8) is 0 Å². The van der Waals surface area contributed by atoms with Gasteiger partial charge in [0, 0.05) is 5.56 Å². The maximum absolute atomic E-state index is 12.5. The third-order valence-electron chi connectivity index (χ3n) is 3.51. The number of hydrogen-bond acceptors (Lipinski definition) is 2. The van der Waals surface area contributed by atoms with E-state index in [1.165, 1.54) is 6.92 Å². The summed E-state index contributed by atoms with van der Waals surface area (Å²) in [5.41, 5.74) is 2.47. The van der Waals surface area contributed by atoms with Crippen molar-refractivity contribution < 1.29 is 18.0 Å². The number of halogens is 3. The van der Waals surface area contributed by atoms with Crippen LogP contribution < -0.4 is 0 Å². The summed E-state index contributed by atoms with van der Waals surface area (Å²) in [6, 6.07) is 4.43. The third kappa shape index (κ3) is 4.34. The molecule has 0 aliphatic carbocycles. The molecule has 0 aliphatic rings. The van der Waals surface area contributed by atoms with E-state index in [-0.39, 0.29) is 12.3 Å². The van der Waals surface area contributed by atoms with E-state index in [0.29, 0.717) is 5.56 Å². The number of carbonyl (C=O) groups excluding carboxylic acids is 1. The predicted molar refractivity (Wildman–Crippen MR) is 73.0 cm³/mol.